The summed E-state index contributed by atoms with van der Waals surface area (Å²) in [5.74, 6) is 2.57. The second-order valence-corrected chi connectivity index (χ2v) is 13.5. The van der Waals surface area contributed by atoms with Crippen molar-refractivity contribution < 1.29 is 45.9 Å². The molecule has 0 N–H and O–H groups in total. The lowest BCUT2D eigenvalue weighted by Crippen LogP contribution is -2.60. The first kappa shape index (κ1) is 35.7. The van der Waals surface area contributed by atoms with Gasteiger partial charge >= 0.3 is 5.97 Å². The van der Waals surface area contributed by atoms with Crippen LogP contribution in [0.15, 0.2) is 65.6 Å². The molecule has 3 aromatic rings. The Labute approximate surface area is 267 Å². The third-order valence-corrected chi connectivity index (χ3v) is 8.97. The first-order valence-electron chi connectivity index (χ1n) is 14.6. The van der Waals surface area contributed by atoms with Gasteiger partial charge in [0.15, 0.2) is 29.0 Å². The van der Waals surface area contributed by atoms with Crippen LogP contribution in [0.2, 0.25) is 0 Å². The van der Waals surface area contributed by atoms with Gasteiger partial charge in [0, 0.05) is 18.4 Å². The molecule has 0 saturated carbocycles. The first-order chi connectivity index (χ1) is 21.1. The normalized spacial score (nSPS) is 18.4. The fourth-order valence-electron chi connectivity index (χ4n) is 5.53. The van der Waals surface area contributed by atoms with Crippen molar-refractivity contribution in [3.8, 4) is 23.0 Å². The molecule has 0 aliphatic carbocycles. The summed E-state index contributed by atoms with van der Waals surface area (Å²) >= 11 is 0. The zero-order valence-electron chi connectivity index (χ0n) is 27.6. The van der Waals surface area contributed by atoms with Crippen LogP contribution in [0.4, 0.5) is 0 Å². The average molecular weight is 644 g/mol. The molecule has 1 heterocycles. The molecular formula is C34H45NO9S. The van der Waals surface area contributed by atoms with Crippen LogP contribution in [-0.2, 0) is 32.5 Å². The third-order valence-electron chi connectivity index (χ3n) is 8.12. The number of methoxy groups -OCH3 is 4. The number of rotatable bonds is 9. The molecule has 1 aliphatic rings. The second kappa shape index (κ2) is 14.5. The van der Waals surface area contributed by atoms with Crippen LogP contribution in [0, 0.1) is 0 Å². The molecule has 0 amide bonds. The molecular weight excluding hydrogens is 598 g/mol. The number of benzene rings is 3. The van der Waals surface area contributed by atoms with Crippen LogP contribution < -0.4 is 18.9 Å². The predicted octanol–water partition coefficient (Wildman–Crippen LogP) is 5.33. The van der Waals surface area contributed by atoms with Crippen LogP contribution in [0.3, 0.4) is 0 Å². The van der Waals surface area contributed by atoms with Gasteiger partial charge in [-0.15, -0.1) is 0 Å². The highest BCUT2D eigenvalue weighted by molar-refractivity contribution is 7.85. The lowest BCUT2D eigenvalue weighted by molar-refractivity contribution is -0.954. The number of fused-ring (bicyclic) bond motifs is 1. The van der Waals surface area contributed by atoms with Crippen molar-refractivity contribution in [1.82, 2.24) is 0 Å². The molecule has 45 heavy (non-hydrogen) atoms. The Balaban J connectivity index is 0.000000468. The monoisotopic (exact) mass is 643 g/mol. The maximum atomic E-state index is 13.3. The van der Waals surface area contributed by atoms with Crippen molar-refractivity contribution in [2.45, 2.75) is 63.1 Å². The summed E-state index contributed by atoms with van der Waals surface area (Å²) in [6.07, 6.45) is 1.52. The van der Waals surface area contributed by atoms with Gasteiger partial charge in [-0.25, -0.2) is 13.2 Å². The Morgan fingerprint density at radius 1 is 0.889 bits per heavy atom. The maximum Gasteiger partial charge on any atom is 0.365 e. The van der Waals surface area contributed by atoms with E-state index in [1.165, 1.54) is 29.8 Å². The number of carbonyl (C=O) groups excluding carboxylic acids is 1. The second-order valence-electron chi connectivity index (χ2n) is 12.1. The minimum Gasteiger partial charge on any atom is -0.744 e. The summed E-state index contributed by atoms with van der Waals surface area (Å²) in [6, 6.07) is 16.9. The summed E-state index contributed by atoms with van der Waals surface area (Å²) in [5, 5.41) is 0. The molecule has 0 radical (unpaired) electrons. The van der Waals surface area contributed by atoms with Crippen molar-refractivity contribution >= 4 is 16.1 Å². The predicted molar refractivity (Wildman–Crippen MR) is 170 cm³/mol. The van der Waals surface area contributed by atoms with Crippen LogP contribution in [-0.4, -0.2) is 77.1 Å². The van der Waals surface area contributed by atoms with E-state index in [1.807, 2.05) is 39.8 Å². The highest BCUT2D eigenvalue weighted by Crippen LogP contribution is 2.44. The lowest BCUT2D eigenvalue weighted by Gasteiger charge is -2.49. The van der Waals surface area contributed by atoms with Crippen LogP contribution in [0.25, 0.3) is 0 Å². The maximum absolute atomic E-state index is 13.3. The molecule has 0 saturated heterocycles. The van der Waals surface area contributed by atoms with Crippen molar-refractivity contribution in [1.29, 1.82) is 0 Å². The quantitative estimate of drug-likeness (QED) is 0.173. The van der Waals surface area contributed by atoms with E-state index in [2.05, 4.69) is 25.2 Å². The summed E-state index contributed by atoms with van der Waals surface area (Å²) < 4.78 is 59.4. The van der Waals surface area contributed by atoms with Crippen molar-refractivity contribution in [3.05, 3.63) is 77.4 Å². The Morgan fingerprint density at radius 3 is 1.96 bits per heavy atom. The molecule has 0 fully saturated rings. The average Bonchev–Trinajstić information content (AvgIpc) is 3.00. The molecule has 11 heteroatoms. The summed E-state index contributed by atoms with van der Waals surface area (Å²) in [7, 11) is 4.47. The number of quaternary nitrogens is 1. The van der Waals surface area contributed by atoms with E-state index in [1.54, 1.807) is 34.5 Å². The Kier molecular flexibility index (Phi) is 11.5. The van der Waals surface area contributed by atoms with Gasteiger partial charge in [0.1, 0.15) is 21.8 Å². The van der Waals surface area contributed by atoms with E-state index in [-0.39, 0.29) is 22.9 Å². The number of ether oxygens (including phenoxy) is 5. The van der Waals surface area contributed by atoms with Gasteiger partial charge in [0.05, 0.1) is 46.9 Å². The first-order valence-corrected chi connectivity index (χ1v) is 16.0. The van der Waals surface area contributed by atoms with E-state index in [0.29, 0.717) is 33.9 Å². The van der Waals surface area contributed by atoms with Gasteiger partial charge in [0.2, 0.25) is 0 Å². The molecule has 0 spiro atoms. The van der Waals surface area contributed by atoms with Crippen molar-refractivity contribution in [2.24, 2.45) is 0 Å². The molecule has 10 nitrogen and oxygen atoms in total. The SMILES string of the molecule is COc1ccc(CC2c3cc(OC)c(OC)cc3CC[N+]2(C)C(C)C(=O)OC(C)(C)C)cc1OC.O=S(=O)([O-])c1ccccc1. The lowest BCUT2D eigenvalue weighted by atomic mass is 9.85. The van der Waals surface area contributed by atoms with Crippen LogP contribution in [0.5, 0.6) is 23.0 Å². The van der Waals surface area contributed by atoms with Gasteiger partial charge in [-0.3, -0.25) is 0 Å². The molecule has 4 rings (SSSR count). The summed E-state index contributed by atoms with van der Waals surface area (Å²) in [4.78, 5) is 13.1. The van der Waals surface area contributed by atoms with Gasteiger partial charge in [-0.1, -0.05) is 24.3 Å². The fraction of sp³-hybridized carbons (Fsp3) is 0.441. The highest BCUT2D eigenvalue weighted by Gasteiger charge is 2.47. The zero-order chi connectivity index (χ0) is 33.6. The minimum absolute atomic E-state index is 0.0147. The highest BCUT2D eigenvalue weighted by atomic mass is 32.2. The molecule has 3 atom stereocenters. The van der Waals surface area contributed by atoms with Gasteiger partial charge in [0.25, 0.3) is 0 Å². The smallest absolute Gasteiger partial charge is 0.365 e. The molecule has 1 aliphatic heterocycles. The number of nitrogens with zero attached hydrogens (tertiary/aromatic N) is 1. The number of esters is 1. The fourth-order valence-corrected chi connectivity index (χ4v) is 6.02. The number of hydrogen-bond donors (Lipinski definition) is 0. The van der Waals surface area contributed by atoms with E-state index >= 15 is 0 Å². The van der Waals surface area contributed by atoms with Crippen molar-refractivity contribution in [2.75, 3.05) is 42.0 Å². The largest absolute Gasteiger partial charge is 0.744 e. The topological polar surface area (TPSA) is 120 Å². The molecule has 0 aromatic heterocycles. The summed E-state index contributed by atoms with van der Waals surface area (Å²) in [6.45, 7) is 8.48. The Hall–Kier alpha value is -3.80. The van der Waals surface area contributed by atoms with Gasteiger partial charge in [-0.2, -0.15) is 0 Å². The van der Waals surface area contributed by atoms with Gasteiger partial charge in [-0.05, 0) is 75.2 Å². The molecule has 246 valence electrons. The van der Waals surface area contributed by atoms with Crippen LogP contribution >= 0.6 is 0 Å². The number of carbonyl (C=O) groups is 1. The zero-order valence-corrected chi connectivity index (χ0v) is 28.4. The third kappa shape index (κ3) is 8.68. The van der Waals surface area contributed by atoms with E-state index < -0.39 is 15.7 Å². The van der Waals surface area contributed by atoms with Crippen molar-refractivity contribution in [3.63, 3.8) is 0 Å². The number of likely N-dealkylation sites (N-methyl/N-ethyl adjacent to an activating group) is 1. The Bertz CT molecular complexity index is 1570. The van der Waals surface area contributed by atoms with Gasteiger partial charge < -0.3 is 32.7 Å². The standard InChI is InChI=1S/C28H40NO6.C6H6O3S/c1-18(27(30)35-28(2,3)4)29(5)13-12-20-16-25(33-8)26(34-9)17-21(20)22(29)14-19-10-11-23(31-6)24(15-19)32-7;7-10(8,9)6-4-2-1-3-5-6/h10-11,15-18,22H,12-14H2,1-9H3;1-5H,(H,7,8,9)/q+1;/p-1. The molecule has 3 aromatic carbocycles. The summed E-state index contributed by atoms with van der Waals surface area (Å²) in [5.41, 5.74) is 2.91. The molecule has 0 bridgehead atoms. The minimum atomic E-state index is -4.25. The Morgan fingerprint density at radius 2 is 1.44 bits per heavy atom. The molecule has 3 unspecified atom stereocenters. The number of hydrogen-bond acceptors (Lipinski definition) is 9. The van der Waals surface area contributed by atoms with E-state index in [4.69, 9.17) is 23.7 Å². The van der Waals surface area contributed by atoms with Crippen LogP contribution in [0.1, 0.15) is 50.4 Å². The van der Waals surface area contributed by atoms with E-state index in [9.17, 15) is 17.8 Å². The van der Waals surface area contributed by atoms with E-state index in [0.717, 1.165) is 24.1 Å².